The summed E-state index contributed by atoms with van der Waals surface area (Å²) in [5, 5.41) is 7.83. The van der Waals surface area contributed by atoms with Crippen molar-refractivity contribution in [3.8, 4) is 17.0 Å². The molecular weight excluding hydrogens is 404 g/mol. The number of ether oxygens (including phenoxy) is 1. The number of aromatic nitrogens is 3. The minimum atomic E-state index is -0.294. The van der Waals surface area contributed by atoms with Crippen LogP contribution in [0.25, 0.3) is 16.8 Å². The topological polar surface area (TPSA) is 77.6 Å². The van der Waals surface area contributed by atoms with E-state index in [0.29, 0.717) is 22.8 Å². The predicted octanol–water partition coefficient (Wildman–Crippen LogP) is 3.14. The number of halogens is 1. The summed E-state index contributed by atoms with van der Waals surface area (Å²) >= 11 is 6.11. The second kappa shape index (κ2) is 8.42. The van der Waals surface area contributed by atoms with Gasteiger partial charge in [-0.3, -0.25) is 9.59 Å². The van der Waals surface area contributed by atoms with Gasteiger partial charge < -0.3 is 14.6 Å². The molecule has 0 aliphatic carbocycles. The van der Waals surface area contributed by atoms with Gasteiger partial charge in [-0.15, -0.1) is 0 Å². The van der Waals surface area contributed by atoms with Crippen LogP contribution >= 0.6 is 11.6 Å². The van der Waals surface area contributed by atoms with Crippen LogP contribution in [0.3, 0.4) is 0 Å². The van der Waals surface area contributed by atoms with Gasteiger partial charge in [0.2, 0.25) is 5.91 Å². The Kier molecular flexibility index (Phi) is 5.54. The number of fused-ring (bicyclic) bond motifs is 1. The summed E-state index contributed by atoms with van der Waals surface area (Å²) in [6.07, 6.45) is 3.21. The third-order valence-corrected chi connectivity index (χ3v) is 5.11. The third kappa shape index (κ3) is 4.06. The molecule has 7 nitrogen and oxygen atoms in total. The van der Waals surface area contributed by atoms with Crippen LogP contribution in [0.4, 0.5) is 0 Å². The molecule has 8 heteroatoms. The normalized spacial score (nSPS) is 10.9. The Bertz CT molecular complexity index is 1260. The van der Waals surface area contributed by atoms with Crippen molar-refractivity contribution in [1.29, 1.82) is 0 Å². The SMILES string of the molecule is COc1ccc(-c2cc3c(=O)n(CC(=O)NCc4ccccc4Cl)ccn3n2)cc1. The maximum Gasteiger partial charge on any atom is 0.277 e. The Morgan fingerprint density at radius 1 is 1.13 bits per heavy atom. The molecule has 152 valence electrons. The molecule has 2 aromatic heterocycles. The Morgan fingerprint density at radius 3 is 2.63 bits per heavy atom. The summed E-state index contributed by atoms with van der Waals surface area (Å²) in [7, 11) is 1.60. The van der Waals surface area contributed by atoms with Gasteiger partial charge in [-0.1, -0.05) is 29.8 Å². The van der Waals surface area contributed by atoms with Crippen LogP contribution in [0.5, 0.6) is 5.75 Å². The van der Waals surface area contributed by atoms with Gasteiger partial charge in [0, 0.05) is 29.5 Å². The fourth-order valence-corrected chi connectivity index (χ4v) is 3.30. The Labute approximate surface area is 177 Å². The molecule has 0 radical (unpaired) electrons. The first kappa shape index (κ1) is 19.7. The van der Waals surface area contributed by atoms with Gasteiger partial charge in [-0.25, -0.2) is 4.52 Å². The van der Waals surface area contributed by atoms with Gasteiger partial charge in [-0.05, 0) is 42.0 Å². The van der Waals surface area contributed by atoms with Crippen molar-refractivity contribution in [3.63, 3.8) is 0 Å². The van der Waals surface area contributed by atoms with Crippen LogP contribution in [0.2, 0.25) is 5.02 Å². The van der Waals surface area contributed by atoms with E-state index in [-0.39, 0.29) is 18.0 Å². The predicted molar refractivity (Wildman–Crippen MR) is 115 cm³/mol. The van der Waals surface area contributed by atoms with E-state index in [1.165, 1.54) is 9.08 Å². The van der Waals surface area contributed by atoms with Crippen LogP contribution in [-0.4, -0.2) is 27.2 Å². The van der Waals surface area contributed by atoms with E-state index in [1.54, 1.807) is 31.6 Å². The molecule has 0 atom stereocenters. The number of hydrogen-bond donors (Lipinski definition) is 1. The highest BCUT2D eigenvalue weighted by atomic mass is 35.5. The average Bonchev–Trinajstić information content (AvgIpc) is 3.20. The molecule has 0 saturated carbocycles. The molecule has 0 bridgehead atoms. The molecule has 0 spiro atoms. The molecule has 2 heterocycles. The molecule has 2 aromatic carbocycles. The van der Waals surface area contributed by atoms with Crippen LogP contribution in [0.15, 0.2) is 71.8 Å². The van der Waals surface area contributed by atoms with Crippen molar-refractivity contribution < 1.29 is 9.53 Å². The Hall–Kier alpha value is -3.58. The summed E-state index contributed by atoms with van der Waals surface area (Å²) in [4.78, 5) is 25.1. The van der Waals surface area contributed by atoms with E-state index in [2.05, 4.69) is 10.4 Å². The molecule has 4 rings (SSSR count). The van der Waals surface area contributed by atoms with E-state index in [1.807, 2.05) is 42.5 Å². The molecule has 0 unspecified atom stereocenters. The zero-order chi connectivity index (χ0) is 21.1. The first-order valence-electron chi connectivity index (χ1n) is 9.28. The number of methoxy groups -OCH3 is 1. The highest BCUT2D eigenvalue weighted by Gasteiger charge is 2.12. The van der Waals surface area contributed by atoms with Crippen LogP contribution < -0.4 is 15.6 Å². The fourth-order valence-electron chi connectivity index (χ4n) is 3.10. The lowest BCUT2D eigenvalue weighted by molar-refractivity contribution is -0.121. The lowest BCUT2D eigenvalue weighted by Gasteiger charge is -2.08. The number of hydrogen-bond acceptors (Lipinski definition) is 4. The summed E-state index contributed by atoms with van der Waals surface area (Å²) in [5.74, 6) is 0.462. The van der Waals surface area contributed by atoms with E-state index in [0.717, 1.165) is 16.9 Å². The first-order valence-corrected chi connectivity index (χ1v) is 9.66. The first-order chi connectivity index (χ1) is 14.5. The molecule has 30 heavy (non-hydrogen) atoms. The smallest absolute Gasteiger partial charge is 0.277 e. The second-order valence-electron chi connectivity index (χ2n) is 6.69. The summed E-state index contributed by atoms with van der Waals surface area (Å²) < 4.78 is 8.04. The minimum absolute atomic E-state index is 0.0944. The number of nitrogens with zero attached hydrogens (tertiary/aromatic N) is 3. The van der Waals surface area contributed by atoms with Gasteiger partial charge in [0.15, 0.2) is 0 Å². The zero-order valence-electron chi connectivity index (χ0n) is 16.2. The van der Waals surface area contributed by atoms with Crippen molar-refractivity contribution in [2.24, 2.45) is 0 Å². The molecule has 4 aromatic rings. The van der Waals surface area contributed by atoms with Gasteiger partial charge in [0.25, 0.3) is 5.56 Å². The number of nitrogens with one attached hydrogen (secondary N) is 1. The van der Waals surface area contributed by atoms with Crippen molar-refractivity contribution in [2.45, 2.75) is 13.1 Å². The molecule has 0 saturated heterocycles. The van der Waals surface area contributed by atoms with Gasteiger partial charge in [0.1, 0.15) is 17.8 Å². The maximum absolute atomic E-state index is 12.8. The number of carbonyl (C=O) groups excluding carboxylic acids is 1. The van der Waals surface area contributed by atoms with E-state index < -0.39 is 0 Å². The molecule has 1 amide bonds. The number of rotatable bonds is 6. The lowest BCUT2D eigenvalue weighted by atomic mass is 10.1. The largest absolute Gasteiger partial charge is 0.497 e. The Morgan fingerprint density at radius 2 is 1.90 bits per heavy atom. The van der Waals surface area contributed by atoms with E-state index in [9.17, 15) is 9.59 Å². The van der Waals surface area contributed by atoms with Gasteiger partial charge in [-0.2, -0.15) is 5.10 Å². The quantitative estimate of drug-likeness (QED) is 0.518. The third-order valence-electron chi connectivity index (χ3n) is 4.74. The number of carbonyl (C=O) groups is 1. The van der Waals surface area contributed by atoms with Crippen molar-refractivity contribution in [2.75, 3.05) is 7.11 Å². The van der Waals surface area contributed by atoms with E-state index in [4.69, 9.17) is 16.3 Å². The highest BCUT2D eigenvalue weighted by molar-refractivity contribution is 6.31. The van der Waals surface area contributed by atoms with Crippen molar-refractivity contribution in [3.05, 3.63) is 87.9 Å². The molecule has 0 fully saturated rings. The summed E-state index contributed by atoms with van der Waals surface area (Å²) in [5.41, 5.74) is 2.44. The molecule has 0 aliphatic heterocycles. The molecule has 1 N–H and O–H groups in total. The standard InChI is InChI=1S/C22H19ClN4O3/c1-30-17-8-6-15(7-9-17)19-12-20-22(29)26(10-11-27(20)25-19)14-21(28)24-13-16-4-2-3-5-18(16)23/h2-12H,13-14H2,1H3,(H,24,28). The number of amides is 1. The number of benzene rings is 2. The zero-order valence-corrected chi connectivity index (χ0v) is 17.0. The highest BCUT2D eigenvalue weighted by Crippen LogP contribution is 2.21. The van der Waals surface area contributed by atoms with Crippen molar-refractivity contribution in [1.82, 2.24) is 19.5 Å². The van der Waals surface area contributed by atoms with Crippen LogP contribution in [0, 0.1) is 0 Å². The minimum Gasteiger partial charge on any atom is -0.497 e. The second-order valence-corrected chi connectivity index (χ2v) is 7.09. The Balaban J connectivity index is 1.52. The van der Waals surface area contributed by atoms with Crippen LogP contribution in [0.1, 0.15) is 5.56 Å². The van der Waals surface area contributed by atoms with E-state index >= 15 is 0 Å². The van der Waals surface area contributed by atoms with Gasteiger partial charge >= 0.3 is 0 Å². The monoisotopic (exact) mass is 422 g/mol. The van der Waals surface area contributed by atoms with Crippen LogP contribution in [-0.2, 0) is 17.9 Å². The lowest BCUT2D eigenvalue weighted by Crippen LogP contribution is -2.32. The summed E-state index contributed by atoms with van der Waals surface area (Å²) in [6.45, 7) is 0.201. The average molecular weight is 423 g/mol. The van der Waals surface area contributed by atoms with Gasteiger partial charge in [0.05, 0.1) is 12.8 Å². The van der Waals surface area contributed by atoms with Crippen molar-refractivity contribution >= 4 is 23.0 Å². The molecule has 0 aliphatic rings. The fraction of sp³-hybridized carbons (Fsp3) is 0.136. The maximum atomic E-state index is 12.8. The molecular formula is C22H19ClN4O3. The summed E-state index contributed by atoms with van der Waals surface area (Å²) in [6, 6.07) is 16.4.